The molecule has 0 N–H and O–H groups in total. The molecule has 0 atom stereocenters. The van der Waals surface area contributed by atoms with E-state index in [9.17, 15) is 4.79 Å². The Hall–Kier alpha value is -2.06. The molecular formula is C15H10ClNO. The van der Waals surface area contributed by atoms with Crippen LogP contribution in [-0.4, -0.2) is 4.57 Å². The molecule has 0 unspecified atom stereocenters. The van der Waals surface area contributed by atoms with Gasteiger partial charge in [0, 0.05) is 11.1 Å². The molecule has 18 heavy (non-hydrogen) atoms. The number of hydrogen-bond donors (Lipinski definition) is 0. The highest BCUT2D eigenvalue weighted by Crippen LogP contribution is 2.18. The van der Waals surface area contributed by atoms with Gasteiger partial charge in [0.05, 0.1) is 11.2 Å². The van der Waals surface area contributed by atoms with E-state index >= 15 is 0 Å². The summed E-state index contributed by atoms with van der Waals surface area (Å²) in [7, 11) is 0. The molecule has 0 saturated heterocycles. The molecule has 0 spiro atoms. The molecular weight excluding hydrogens is 246 g/mol. The smallest absolute Gasteiger partial charge is 0.255 e. The van der Waals surface area contributed by atoms with E-state index in [4.69, 9.17) is 11.6 Å². The van der Waals surface area contributed by atoms with E-state index in [-0.39, 0.29) is 5.56 Å². The summed E-state index contributed by atoms with van der Waals surface area (Å²) in [5.74, 6) is 0. The minimum atomic E-state index is -0.0593. The van der Waals surface area contributed by atoms with Crippen LogP contribution in [0.2, 0.25) is 5.02 Å². The third-order valence-electron chi connectivity index (χ3n) is 2.87. The molecule has 2 aromatic carbocycles. The van der Waals surface area contributed by atoms with Crippen LogP contribution in [0.5, 0.6) is 0 Å². The summed E-state index contributed by atoms with van der Waals surface area (Å²) in [6.45, 7) is 0. The fourth-order valence-corrected chi connectivity index (χ4v) is 2.25. The van der Waals surface area contributed by atoms with Crippen LogP contribution in [0.3, 0.4) is 0 Å². The van der Waals surface area contributed by atoms with E-state index in [0.717, 1.165) is 16.6 Å². The third-order valence-corrected chi connectivity index (χ3v) is 3.11. The Labute approximate surface area is 109 Å². The second kappa shape index (κ2) is 4.31. The average molecular weight is 256 g/mol. The van der Waals surface area contributed by atoms with Crippen molar-refractivity contribution in [3.05, 3.63) is 76.0 Å². The Kier molecular flexibility index (Phi) is 2.65. The quantitative estimate of drug-likeness (QED) is 0.651. The predicted octanol–water partition coefficient (Wildman–Crippen LogP) is 3.64. The molecule has 0 radical (unpaired) electrons. The molecule has 0 aliphatic carbocycles. The Bertz CT molecular complexity index is 777. The van der Waals surface area contributed by atoms with Gasteiger partial charge >= 0.3 is 0 Å². The van der Waals surface area contributed by atoms with Gasteiger partial charge in [-0.2, -0.15) is 0 Å². The number of fused-ring (bicyclic) bond motifs is 1. The van der Waals surface area contributed by atoms with Gasteiger partial charge in [0.2, 0.25) is 0 Å². The zero-order valence-electron chi connectivity index (χ0n) is 9.51. The second-order valence-electron chi connectivity index (χ2n) is 4.05. The third kappa shape index (κ3) is 1.81. The summed E-state index contributed by atoms with van der Waals surface area (Å²) < 4.78 is 1.67. The number of rotatable bonds is 1. The molecule has 1 heterocycles. The van der Waals surface area contributed by atoms with E-state index in [1.807, 2.05) is 42.5 Å². The van der Waals surface area contributed by atoms with Crippen LogP contribution in [-0.2, 0) is 0 Å². The van der Waals surface area contributed by atoms with Gasteiger partial charge in [0.25, 0.3) is 5.56 Å². The summed E-state index contributed by atoms with van der Waals surface area (Å²) in [6, 6.07) is 18.5. The molecule has 88 valence electrons. The van der Waals surface area contributed by atoms with Crippen LogP contribution in [0, 0.1) is 0 Å². The monoisotopic (exact) mass is 255 g/mol. The molecule has 0 fully saturated rings. The first-order chi connectivity index (χ1) is 8.75. The van der Waals surface area contributed by atoms with Crippen LogP contribution < -0.4 is 5.56 Å². The number of benzene rings is 2. The van der Waals surface area contributed by atoms with Gasteiger partial charge in [-0.25, -0.2) is 0 Å². The summed E-state index contributed by atoms with van der Waals surface area (Å²) in [5, 5.41) is 1.64. The van der Waals surface area contributed by atoms with Gasteiger partial charge in [-0.1, -0.05) is 35.9 Å². The molecule has 0 aliphatic rings. The SMILES string of the molecule is O=c1ccc2ccccc2n1-c1cccc(Cl)c1. The fourth-order valence-electron chi connectivity index (χ4n) is 2.07. The lowest BCUT2D eigenvalue weighted by molar-refractivity contribution is 1.04. The average Bonchev–Trinajstić information content (AvgIpc) is 2.38. The van der Waals surface area contributed by atoms with Gasteiger partial charge in [-0.15, -0.1) is 0 Å². The zero-order chi connectivity index (χ0) is 12.5. The fraction of sp³-hybridized carbons (Fsp3) is 0. The highest BCUT2D eigenvalue weighted by atomic mass is 35.5. The minimum absolute atomic E-state index is 0.0593. The van der Waals surface area contributed by atoms with Crippen molar-refractivity contribution in [2.45, 2.75) is 0 Å². The van der Waals surface area contributed by atoms with Crippen molar-refractivity contribution >= 4 is 22.5 Å². The Balaban J connectivity index is 2.41. The largest absolute Gasteiger partial charge is 0.277 e. The van der Waals surface area contributed by atoms with Crippen molar-refractivity contribution in [3.63, 3.8) is 0 Å². The highest BCUT2D eigenvalue weighted by molar-refractivity contribution is 6.30. The first-order valence-corrected chi connectivity index (χ1v) is 6.00. The summed E-state index contributed by atoms with van der Waals surface area (Å²) >= 11 is 5.98. The van der Waals surface area contributed by atoms with Gasteiger partial charge in [-0.3, -0.25) is 9.36 Å². The van der Waals surface area contributed by atoms with E-state index in [1.54, 1.807) is 22.8 Å². The van der Waals surface area contributed by atoms with Crippen molar-refractivity contribution in [1.82, 2.24) is 4.57 Å². The van der Waals surface area contributed by atoms with Gasteiger partial charge in [-0.05, 0) is 35.7 Å². The van der Waals surface area contributed by atoms with Gasteiger partial charge in [0.1, 0.15) is 0 Å². The Morgan fingerprint density at radius 1 is 0.889 bits per heavy atom. The number of hydrogen-bond acceptors (Lipinski definition) is 1. The maximum Gasteiger partial charge on any atom is 0.255 e. The van der Waals surface area contributed by atoms with E-state index < -0.39 is 0 Å². The van der Waals surface area contributed by atoms with Crippen LogP contribution in [0.25, 0.3) is 16.6 Å². The van der Waals surface area contributed by atoms with Gasteiger partial charge < -0.3 is 0 Å². The molecule has 2 nitrogen and oxygen atoms in total. The van der Waals surface area contributed by atoms with Crippen LogP contribution in [0.4, 0.5) is 0 Å². The summed E-state index contributed by atoms with van der Waals surface area (Å²) in [6.07, 6.45) is 0. The standard InChI is InChI=1S/C15H10ClNO/c16-12-5-3-6-13(10-12)17-14-7-2-1-4-11(14)8-9-15(17)18/h1-10H. The lowest BCUT2D eigenvalue weighted by Gasteiger charge is -2.10. The molecule has 0 saturated carbocycles. The second-order valence-corrected chi connectivity index (χ2v) is 4.48. The Morgan fingerprint density at radius 2 is 1.72 bits per heavy atom. The van der Waals surface area contributed by atoms with E-state index in [1.165, 1.54) is 0 Å². The normalized spacial score (nSPS) is 10.7. The topological polar surface area (TPSA) is 22.0 Å². The highest BCUT2D eigenvalue weighted by Gasteiger charge is 2.04. The van der Waals surface area contributed by atoms with Crippen molar-refractivity contribution < 1.29 is 0 Å². The molecule has 1 aromatic heterocycles. The maximum absolute atomic E-state index is 12.1. The zero-order valence-corrected chi connectivity index (χ0v) is 10.3. The number of halogens is 1. The first-order valence-electron chi connectivity index (χ1n) is 5.62. The van der Waals surface area contributed by atoms with Crippen molar-refractivity contribution in [2.24, 2.45) is 0 Å². The van der Waals surface area contributed by atoms with Crippen molar-refractivity contribution in [2.75, 3.05) is 0 Å². The van der Waals surface area contributed by atoms with E-state index in [0.29, 0.717) is 5.02 Å². The van der Waals surface area contributed by atoms with Gasteiger partial charge in [0.15, 0.2) is 0 Å². The molecule has 3 heteroatoms. The summed E-state index contributed by atoms with van der Waals surface area (Å²) in [4.78, 5) is 12.1. The number of aromatic nitrogens is 1. The summed E-state index contributed by atoms with van der Waals surface area (Å²) in [5.41, 5.74) is 1.60. The van der Waals surface area contributed by atoms with Crippen LogP contribution in [0.15, 0.2) is 65.5 Å². The van der Waals surface area contributed by atoms with E-state index in [2.05, 4.69) is 0 Å². The number of nitrogens with zero attached hydrogens (tertiary/aromatic N) is 1. The Morgan fingerprint density at radius 3 is 2.56 bits per heavy atom. The van der Waals surface area contributed by atoms with Crippen molar-refractivity contribution in [1.29, 1.82) is 0 Å². The maximum atomic E-state index is 12.1. The molecule has 0 bridgehead atoms. The minimum Gasteiger partial charge on any atom is -0.277 e. The molecule has 0 amide bonds. The molecule has 3 rings (SSSR count). The lowest BCUT2D eigenvalue weighted by atomic mass is 10.2. The first kappa shape index (κ1) is 11.1. The number of para-hydroxylation sites is 1. The molecule has 3 aromatic rings. The van der Waals surface area contributed by atoms with Crippen molar-refractivity contribution in [3.8, 4) is 5.69 Å². The lowest BCUT2D eigenvalue weighted by Crippen LogP contribution is -2.17. The van der Waals surface area contributed by atoms with Crippen LogP contribution >= 0.6 is 11.6 Å². The van der Waals surface area contributed by atoms with Crippen LogP contribution in [0.1, 0.15) is 0 Å². The predicted molar refractivity (Wildman–Crippen MR) is 74.6 cm³/mol. The molecule has 0 aliphatic heterocycles. The number of pyridine rings is 1.